The first-order chi connectivity index (χ1) is 9.63. The number of carbonyl (C=O) groups is 1. The Kier molecular flexibility index (Phi) is 4.40. The number of methoxy groups -OCH3 is 1. The number of carbonyl (C=O) groups excluding carboxylic acids is 1. The van der Waals surface area contributed by atoms with Crippen LogP contribution in [0.4, 0.5) is 5.82 Å². The maximum atomic E-state index is 11.4. The molecule has 5 nitrogen and oxygen atoms in total. The summed E-state index contributed by atoms with van der Waals surface area (Å²) in [5.74, 6) is 1.11. The normalized spacial score (nSPS) is 10.3. The highest BCUT2D eigenvalue weighted by atomic mass is 16.5. The van der Waals surface area contributed by atoms with Crippen molar-refractivity contribution >= 4 is 22.6 Å². The minimum absolute atomic E-state index is 0.0939. The van der Waals surface area contributed by atoms with Crippen molar-refractivity contribution in [3.8, 4) is 5.75 Å². The second-order valence-corrected chi connectivity index (χ2v) is 4.36. The molecule has 0 fully saturated rings. The van der Waals surface area contributed by atoms with Gasteiger partial charge in [0.15, 0.2) is 0 Å². The first-order valence-corrected chi connectivity index (χ1v) is 6.49. The van der Waals surface area contributed by atoms with Gasteiger partial charge >= 0.3 is 5.97 Å². The molecule has 0 aliphatic heterocycles. The van der Waals surface area contributed by atoms with Crippen LogP contribution in [-0.2, 0) is 9.53 Å². The third kappa shape index (κ3) is 3.17. The molecule has 0 atom stereocenters. The highest BCUT2D eigenvalue weighted by Crippen LogP contribution is 2.26. The number of fused-ring (bicyclic) bond motifs is 1. The Balaban J connectivity index is 2.32. The number of hydrogen-bond acceptors (Lipinski definition) is 5. The number of aryl methyl sites for hydroxylation is 1. The molecule has 20 heavy (non-hydrogen) atoms. The summed E-state index contributed by atoms with van der Waals surface area (Å²) in [6, 6.07) is 7.76. The maximum Gasteiger partial charge on any atom is 0.325 e. The fourth-order valence-corrected chi connectivity index (χ4v) is 1.99. The zero-order valence-corrected chi connectivity index (χ0v) is 11.9. The molecule has 1 aromatic heterocycles. The number of esters is 1. The number of hydrogen-bond donors (Lipinski definition) is 1. The SMILES string of the molecule is CCOC(=O)CNc1nc(C)cc2ccc(OC)cc12. The van der Waals surface area contributed by atoms with Gasteiger partial charge in [0, 0.05) is 11.1 Å². The molecule has 5 heteroatoms. The van der Waals surface area contributed by atoms with Crippen molar-refractivity contribution < 1.29 is 14.3 Å². The van der Waals surface area contributed by atoms with Crippen LogP contribution in [0.15, 0.2) is 24.3 Å². The standard InChI is InChI=1S/C15H18N2O3/c1-4-20-14(18)9-16-15-13-8-12(19-3)6-5-11(13)7-10(2)17-15/h5-8H,4,9H2,1-3H3,(H,16,17). The molecular weight excluding hydrogens is 256 g/mol. The van der Waals surface area contributed by atoms with Crippen molar-refractivity contribution in [3.63, 3.8) is 0 Å². The molecule has 0 saturated heterocycles. The lowest BCUT2D eigenvalue weighted by Gasteiger charge is -2.11. The van der Waals surface area contributed by atoms with Crippen molar-refractivity contribution in [3.05, 3.63) is 30.0 Å². The number of benzene rings is 1. The summed E-state index contributed by atoms with van der Waals surface area (Å²) in [6.07, 6.45) is 0. The second-order valence-electron chi connectivity index (χ2n) is 4.36. The summed E-state index contributed by atoms with van der Waals surface area (Å²) in [5, 5.41) is 4.99. The molecule has 1 heterocycles. The van der Waals surface area contributed by atoms with Gasteiger partial charge in [-0.05, 0) is 37.4 Å². The van der Waals surface area contributed by atoms with Gasteiger partial charge in [0.25, 0.3) is 0 Å². The number of nitrogens with one attached hydrogen (secondary N) is 1. The van der Waals surface area contributed by atoms with Crippen LogP contribution in [-0.4, -0.2) is 31.2 Å². The Bertz CT molecular complexity index is 626. The number of pyridine rings is 1. The van der Waals surface area contributed by atoms with E-state index in [1.807, 2.05) is 31.2 Å². The predicted octanol–water partition coefficient (Wildman–Crippen LogP) is 2.53. The van der Waals surface area contributed by atoms with Crippen LogP contribution in [0.1, 0.15) is 12.6 Å². The summed E-state index contributed by atoms with van der Waals surface area (Å²) in [7, 11) is 1.62. The molecule has 0 spiro atoms. The molecule has 0 aliphatic rings. The summed E-state index contributed by atoms with van der Waals surface area (Å²) < 4.78 is 10.1. The maximum absolute atomic E-state index is 11.4. The minimum Gasteiger partial charge on any atom is -0.497 e. The Labute approximate surface area is 117 Å². The highest BCUT2D eigenvalue weighted by molar-refractivity contribution is 5.94. The zero-order valence-electron chi connectivity index (χ0n) is 11.9. The van der Waals surface area contributed by atoms with Crippen LogP contribution in [0, 0.1) is 6.92 Å². The number of rotatable bonds is 5. The predicted molar refractivity (Wildman–Crippen MR) is 78.2 cm³/mol. The average Bonchev–Trinajstić information content (AvgIpc) is 2.44. The van der Waals surface area contributed by atoms with E-state index in [9.17, 15) is 4.79 Å². The molecule has 0 saturated carbocycles. The minimum atomic E-state index is -0.299. The van der Waals surface area contributed by atoms with E-state index in [1.54, 1.807) is 14.0 Å². The van der Waals surface area contributed by atoms with Gasteiger partial charge in [-0.3, -0.25) is 4.79 Å². The third-order valence-electron chi connectivity index (χ3n) is 2.87. The van der Waals surface area contributed by atoms with Crippen LogP contribution in [0.3, 0.4) is 0 Å². The van der Waals surface area contributed by atoms with E-state index in [2.05, 4.69) is 10.3 Å². The molecule has 2 aromatic rings. The highest BCUT2D eigenvalue weighted by Gasteiger charge is 2.08. The number of anilines is 1. The molecule has 0 amide bonds. The lowest BCUT2D eigenvalue weighted by molar-refractivity contribution is -0.140. The summed E-state index contributed by atoms with van der Waals surface area (Å²) >= 11 is 0. The molecule has 0 bridgehead atoms. The second kappa shape index (κ2) is 6.23. The zero-order chi connectivity index (χ0) is 14.5. The summed E-state index contributed by atoms with van der Waals surface area (Å²) in [4.78, 5) is 15.9. The number of ether oxygens (including phenoxy) is 2. The van der Waals surface area contributed by atoms with E-state index >= 15 is 0 Å². The molecule has 106 valence electrons. The lowest BCUT2D eigenvalue weighted by Crippen LogP contribution is -2.17. The van der Waals surface area contributed by atoms with E-state index in [1.165, 1.54) is 0 Å². The summed E-state index contributed by atoms with van der Waals surface area (Å²) in [6.45, 7) is 4.16. The van der Waals surface area contributed by atoms with Gasteiger partial charge < -0.3 is 14.8 Å². The molecular formula is C15H18N2O3. The van der Waals surface area contributed by atoms with E-state index in [4.69, 9.17) is 9.47 Å². The Hall–Kier alpha value is -2.30. The van der Waals surface area contributed by atoms with E-state index in [0.717, 1.165) is 22.2 Å². The molecule has 1 N–H and O–H groups in total. The van der Waals surface area contributed by atoms with E-state index in [0.29, 0.717) is 12.4 Å². The van der Waals surface area contributed by atoms with Crippen LogP contribution in [0.25, 0.3) is 10.8 Å². The van der Waals surface area contributed by atoms with Gasteiger partial charge in [-0.2, -0.15) is 0 Å². The fraction of sp³-hybridized carbons (Fsp3) is 0.333. The topological polar surface area (TPSA) is 60.5 Å². The van der Waals surface area contributed by atoms with Gasteiger partial charge in [0.2, 0.25) is 0 Å². The van der Waals surface area contributed by atoms with Crippen LogP contribution in [0.5, 0.6) is 5.75 Å². The Morgan fingerprint density at radius 1 is 1.35 bits per heavy atom. The lowest BCUT2D eigenvalue weighted by atomic mass is 10.1. The van der Waals surface area contributed by atoms with Gasteiger partial charge in [-0.25, -0.2) is 4.98 Å². The monoisotopic (exact) mass is 274 g/mol. The van der Waals surface area contributed by atoms with Crippen molar-refractivity contribution in [1.82, 2.24) is 4.98 Å². The van der Waals surface area contributed by atoms with Gasteiger partial charge in [0.1, 0.15) is 18.1 Å². The number of aromatic nitrogens is 1. The summed E-state index contributed by atoms with van der Waals surface area (Å²) in [5.41, 5.74) is 0.883. The molecule has 0 radical (unpaired) electrons. The Morgan fingerprint density at radius 3 is 2.85 bits per heavy atom. The van der Waals surface area contributed by atoms with Crippen LogP contribution < -0.4 is 10.1 Å². The molecule has 2 rings (SSSR count). The average molecular weight is 274 g/mol. The smallest absolute Gasteiger partial charge is 0.325 e. The first kappa shape index (κ1) is 14.1. The van der Waals surface area contributed by atoms with Crippen molar-refractivity contribution in [2.75, 3.05) is 25.6 Å². The van der Waals surface area contributed by atoms with Gasteiger partial charge in [-0.15, -0.1) is 0 Å². The van der Waals surface area contributed by atoms with E-state index < -0.39 is 0 Å². The number of nitrogens with zero attached hydrogens (tertiary/aromatic N) is 1. The molecule has 0 unspecified atom stereocenters. The van der Waals surface area contributed by atoms with Crippen molar-refractivity contribution in [2.45, 2.75) is 13.8 Å². The van der Waals surface area contributed by atoms with Crippen LogP contribution >= 0.6 is 0 Å². The quantitative estimate of drug-likeness (QED) is 0.849. The third-order valence-corrected chi connectivity index (χ3v) is 2.87. The first-order valence-electron chi connectivity index (χ1n) is 6.49. The van der Waals surface area contributed by atoms with E-state index in [-0.39, 0.29) is 12.5 Å². The molecule has 0 aliphatic carbocycles. The van der Waals surface area contributed by atoms with Crippen molar-refractivity contribution in [2.24, 2.45) is 0 Å². The van der Waals surface area contributed by atoms with Crippen LogP contribution in [0.2, 0.25) is 0 Å². The van der Waals surface area contributed by atoms with Crippen molar-refractivity contribution in [1.29, 1.82) is 0 Å². The Morgan fingerprint density at radius 2 is 2.15 bits per heavy atom. The van der Waals surface area contributed by atoms with Gasteiger partial charge in [0.05, 0.1) is 13.7 Å². The largest absolute Gasteiger partial charge is 0.497 e. The van der Waals surface area contributed by atoms with Gasteiger partial charge in [-0.1, -0.05) is 6.07 Å². The molecule has 1 aromatic carbocycles. The fourth-order valence-electron chi connectivity index (χ4n) is 1.99.